The van der Waals surface area contributed by atoms with Crippen LogP contribution in [-0.2, 0) is 0 Å². The average Bonchev–Trinajstić information content (AvgIpc) is 2.52. The van der Waals surface area contributed by atoms with Crippen LogP contribution in [0.4, 0.5) is 0 Å². The fourth-order valence-electron chi connectivity index (χ4n) is 1.81. The zero-order chi connectivity index (χ0) is 9.52. The van der Waals surface area contributed by atoms with Crippen molar-refractivity contribution >= 4 is 0 Å². The van der Waals surface area contributed by atoms with Gasteiger partial charge in [0.05, 0.1) is 6.10 Å². The summed E-state index contributed by atoms with van der Waals surface area (Å²) in [6.45, 7) is 2.18. The van der Waals surface area contributed by atoms with Gasteiger partial charge in [-0.1, -0.05) is 19.8 Å². The Morgan fingerprint density at radius 1 is 1.31 bits per heavy atom. The van der Waals surface area contributed by atoms with E-state index < -0.39 is 0 Å². The summed E-state index contributed by atoms with van der Waals surface area (Å²) in [4.78, 5) is 0. The summed E-state index contributed by atoms with van der Waals surface area (Å²) in [5, 5.41) is 9.52. The molecule has 0 heterocycles. The molecule has 0 aromatic rings. The van der Waals surface area contributed by atoms with E-state index in [0.717, 1.165) is 19.3 Å². The largest absolute Gasteiger partial charge is 0.393 e. The van der Waals surface area contributed by atoms with Crippen molar-refractivity contribution in [2.75, 3.05) is 0 Å². The van der Waals surface area contributed by atoms with Crippen molar-refractivity contribution in [1.82, 2.24) is 0 Å². The standard InChI is InChI=1S/C12H20O/c1-2-3-4-5-6-8-11-9-7-10-12(11)13/h11-13H,2-4,7-10H2,1H3/t11-,12+/m1/s1. The van der Waals surface area contributed by atoms with Crippen molar-refractivity contribution in [2.45, 2.75) is 58.0 Å². The molecule has 1 rings (SSSR count). The molecule has 0 bridgehead atoms. The highest BCUT2D eigenvalue weighted by Gasteiger charge is 2.23. The quantitative estimate of drug-likeness (QED) is 0.523. The number of hydrogen-bond donors (Lipinski definition) is 1. The predicted octanol–water partition coefficient (Wildman–Crippen LogP) is 2.73. The number of rotatable bonds is 3. The van der Waals surface area contributed by atoms with Crippen molar-refractivity contribution in [3.8, 4) is 11.8 Å². The second kappa shape index (κ2) is 6.05. The smallest absolute Gasteiger partial charge is 0.0577 e. The first-order valence-electron chi connectivity index (χ1n) is 5.48. The minimum absolute atomic E-state index is 0.0690. The van der Waals surface area contributed by atoms with Crippen molar-refractivity contribution < 1.29 is 5.11 Å². The lowest BCUT2D eigenvalue weighted by Gasteiger charge is -2.09. The maximum atomic E-state index is 9.52. The van der Waals surface area contributed by atoms with Gasteiger partial charge in [0.1, 0.15) is 0 Å². The minimum atomic E-state index is -0.0690. The molecule has 74 valence electrons. The van der Waals surface area contributed by atoms with Crippen LogP contribution >= 0.6 is 0 Å². The SMILES string of the molecule is CCCCC#CC[C@@H]1CCC[C@@H]1O. The summed E-state index contributed by atoms with van der Waals surface area (Å²) in [6.07, 6.45) is 7.64. The van der Waals surface area contributed by atoms with Gasteiger partial charge in [0.25, 0.3) is 0 Å². The van der Waals surface area contributed by atoms with Gasteiger partial charge in [-0.15, -0.1) is 11.8 Å². The van der Waals surface area contributed by atoms with Crippen molar-refractivity contribution in [2.24, 2.45) is 5.92 Å². The Labute approximate surface area is 81.5 Å². The molecule has 1 saturated carbocycles. The molecule has 1 aliphatic rings. The van der Waals surface area contributed by atoms with Gasteiger partial charge in [0, 0.05) is 12.8 Å². The van der Waals surface area contributed by atoms with Crippen molar-refractivity contribution in [3.05, 3.63) is 0 Å². The highest BCUT2D eigenvalue weighted by Crippen LogP contribution is 2.27. The molecular weight excluding hydrogens is 160 g/mol. The zero-order valence-corrected chi connectivity index (χ0v) is 8.55. The highest BCUT2D eigenvalue weighted by atomic mass is 16.3. The van der Waals surface area contributed by atoms with E-state index >= 15 is 0 Å². The molecule has 0 radical (unpaired) electrons. The van der Waals surface area contributed by atoms with Crippen molar-refractivity contribution in [1.29, 1.82) is 0 Å². The Morgan fingerprint density at radius 3 is 2.77 bits per heavy atom. The van der Waals surface area contributed by atoms with Gasteiger partial charge >= 0.3 is 0 Å². The van der Waals surface area contributed by atoms with E-state index in [9.17, 15) is 5.11 Å². The Kier molecular flexibility index (Phi) is 4.93. The molecule has 1 aliphatic carbocycles. The molecule has 1 heteroatoms. The summed E-state index contributed by atoms with van der Waals surface area (Å²) in [5.41, 5.74) is 0. The summed E-state index contributed by atoms with van der Waals surface area (Å²) in [5.74, 6) is 6.82. The van der Waals surface area contributed by atoms with Crippen LogP contribution in [0.2, 0.25) is 0 Å². The van der Waals surface area contributed by atoms with Gasteiger partial charge in [-0.05, 0) is 25.2 Å². The van der Waals surface area contributed by atoms with Gasteiger partial charge in [0.15, 0.2) is 0 Å². The van der Waals surface area contributed by atoms with E-state index in [1.54, 1.807) is 0 Å². The number of unbranched alkanes of at least 4 members (excludes halogenated alkanes) is 2. The first kappa shape index (κ1) is 10.6. The molecule has 0 aliphatic heterocycles. The Morgan fingerprint density at radius 2 is 2.15 bits per heavy atom. The van der Waals surface area contributed by atoms with Gasteiger partial charge < -0.3 is 5.11 Å². The van der Waals surface area contributed by atoms with Crippen LogP contribution in [0, 0.1) is 17.8 Å². The Bertz CT molecular complexity index is 187. The molecule has 1 N–H and O–H groups in total. The Hall–Kier alpha value is -0.480. The monoisotopic (exact) mass is 180 g/mol. The van der Waals surface area contributed by atoms with Gasteiger partial charge in [0.2, 0.25) is 0 Å². The normalized spacial score (nSPS) is 26.9. The second-order valence-corrected chi connectivity index (χ2v) is 3.92. The maximum Gasteiger partial charge on any atom is 0.0577 e. The van der Waals surface area contributed by atoms with Gasteiger partial charge in [-0.3, -0.25) is 0 Å². The molecule has 0 aromatic heterocycles. The molecule has 0 saturated heterocycles. The zero-order valence-electron chi connectivity index (χ0n) is 8.55. The molecule has 0 amide bonds. The van der Waals surface area contributed by atoms with Crippen LogP contribution in [0.3, 0.4) is 0 Å². The van der Waals surface area contributed by atoms with E-state index in [0.29, 0.717) is 5.92 Å². The van der Waals surface area contributed by atoms with E-state index in [2.05, 4.69) is 18.8 Å². The summed E-state index contributed by atoms with van der Waals surface area (Å²) < 4.78 is 0. The predicted molar refractivity (Wildman–Crippen MR) is 55.3 cm³/mol. The molecule has 0 unspecified atom stereocenters. The van der Waals surface area contributed by atoms with Gasteiger partial charge in [-0.25, -0.2) is 0 Å². The van der Waals surface area contributed by atoms with E-state index in [1.807, 2.05) is 0 Å². The fraction of sp³-hybridized carbons (Fsp3) is 0.833. The third-order valence-corrected chi connectivity index (χ3v) is 2.76. The summed E-state index contributed by atoms with van der Waals surface area (Å²) in [6, 6.07) is 0. The number of aliphatic hydroxyl groups excluding tert-OH is 1. The number of aliphatic hydroxyl groups is 1. The maximum absolute atomic E-state index is 9.52. The first-order chi connectivity index (χ1) is 6.34. The van der Waals surface area contributed by atoms with Crippen LogP contribution in [0.15, 0.2) is 0 Å². The lowest BCUT2D eigenvalue weighted by Crippen LogP contribution is -2.11. The highest BCUT2D eigenvalue weighted by molar-refractivity contribution is 5.01. The summed E-state index contributed by atoms with van der Waals surface area (Å²) in [7, 11) is 0. The molecule has 1 nitrogen and oxygen atoms in total. The van der Waals surface area contributed by atoms with Crippen LogP contribution in [-0.4, -0.2) is 11.2 Å². The molecule has 2 atom stereocenters. The fourth-order valence-corrected chi connectivity index (χ4v) is 1.81. The van der Waals surface area contributed by atoms with Crippen LogP contribution in [0.25, 0.3) is 0 Å². The summed E-state index contributed by atoms with van der Waals surface area (Å²) >= 11 is 0. The van der Waals surface area contributed by atoms with Crippen molar-refractivity contribution in [3.63, 3.8) is 0 Å². The van der Waals surface area contributed by atoms with Gasteiger partial charge in [-0.2, -0.15) is 0 Å². The second-order valence-electron chi connectivity index (χ2n) is 3.92. The molecule has 13 heavy (non-hydrogen) atoms. The van der Waals surface area contributed by atoms with E-state index in [4.69, 9.17) is 0 Å². The third-order valence-electron chi connectivity index (χ3n) is 2.76. The average molecular weight is 180 g/mol. The van der Waals surface area contributed by atoms with Crippen LogP contribution in [0.1, 0.15) is 51.9 Å². The third kappa shape index (κ3) is 3.83. The molecular formula is C12H20O. The molecule has 0 spiro atoms. The molecule has 1 fully saturated rings. The van der Waals surface area contributed by atoms with E-state index in [-0.39, 0.29) is 6.10 Å². The first-order valence-corrected chi connectivity index (χ1v) is 5.48. The minimum Gasteiger partial charge on any atom is -0.393 e. The number of hydrogen-bond acceptors (Lipinski definition) is 1. The van der Waals surface area contributed by atoms with Crippen LogP contribution < -0.4 is 0 Å². The topological polar surface area (TPSA) is 20.2 Å². The Balaban J connectivity index is 2.12. The lowest BCUT2D eigenvalue weighted by atomic mass is 10.0. The van der Waals surface area contributed by atoms with Crippen LogP contribution in [0.5, 0.6) is 0 Å². The molecule has 0 aromatic carbocycles. The lowest BCUT2D eigenvalue weighted by molar-refractivity contribution is 0.135. The van der Waals surface area contributed by atoms with E-state index in [1.165, 1.54) is 25.7 Å².